The first-order valence-electron chi connectivity index (χ1n) is 5.13. The molecule has 2 aromatic rings. The average Bonchev–Trinajstić information content (AvgIpc) is 2.75. The smallest absolute Gasteiger partial charge is 0.313 e. The van der Waals surface area contributed by atoms with E-state index in [0.29, 0.717) is 17.4 Å². The molecule has 0 aromatic carbocycles. The second-order valence-electron chi connectivity index (χ2n) is 3.53. The fourth-order valence-electron chi connectivity index (χ4n) is 1.35. The van der Waals surface area contributed by atoms with Crippen molar-refractivity contribution in [2.24, 2.45) is 0 Å². The number of hydrogen-bond donors (Lipinski definition) is 2. The molecule has 0 atom stereocenters. The predicted octanol–water partition coefficient (Wildman–Crippen LogP) is 0.218. The van der Waals surface area contributed by atoms with Crippen molar-refractivity contribution in [1.29, 1.82) is 0 Å². The molecule has 2 heterocycles. The van der Waals surface area contributed by atoms with Crippen molar-refractivity contribution in [3.63, 3.8) is 0 Å². The average molecular weight is 299 g/mol. The summed E-state index contributed by atoms with van der Waals surface area (Å²) >= 11 is 2.00. The Bertz CT molecular complexity index is 703. The number of H-pyrrole nitrogens is 1. The van der Waals surface area contributed by atoms with Crippen molar-refractivity contribution >= 4 is 29.1 Å². The summed E-state index contributed by atoms with van der Waals surface area (Å²) in [4.78, 5) is 39.0. The third kappa shape index (κ3) is 3.80. The van der Waals surface area contributed by atoms with Crippen LogP contribution in [0.15, 0.2) is 32.4 Å². The van der Waals surface area contributed by atoms with Crippen LogP contribution >= 0.6 is 23.1 Å². The molecule has 0 aliphatic rings. The maximum atomic E-state index is 11.2. The van der Waals surface area contributed by atoms with Crippen LogP contribution in [0, 0.1) is 0 Å². The number of carbonyl (C=O) groups is 1. The Morgan fingerprint density at radius 1 is 1.53 bits per heavy atom. The molecule has 19 heavy (non-hydrogen) atoms. The SMILES string of the molecule is O=C(O)CSc1nc(=O)ccn1Cc1csc(=O)[nH]1. The Balaban J connectivity index is 2.25. The van der Waals surface area contributed by atoms with E-state index in [0.717, 1.165) is 23.1 Å². The van der Waals surface area contributed by atoms with Gasteiger partial charge in [-0.1, -0.05) is 23.1 Å². The Hall–Kier alpha value is -1.87. The fourth-order valence-corrected chi connectivity index (χ4v) is 2.62. The van der Waals surface area contributed by atoms with Crippen molar-refractivity contribution in [1.82, 2.24) is 14.5 Å². The number of rotatable bonds is 5. The monoisotopic (exact) mass is 299 g/mol. The third-order valence-electron chi connectivity index (χ3n) is 2.08. The van der Waals surface area contributed by atoms with E-state index >= 15 is 0 Å². The van der Waals surface area contributed by atoms with Gasteiger partial charge in [0.2, 0.25) is 0 Å². The number of hydrogen-bond acceptors (Lipinski definition) is 6. The van der Waals surface area contributed by atoms with Gasteiger partial charge in [0.25, 0.3) is 5.56 Å². The van der Waals surface area contributed by atoms with Crippen molar-refractivity contribution in [2.75, 3.05) is 5.75 Å². The fraction of sp³-hybridized carbons (Fsp3) is 0.200. The number of carboxylic acid groups (broad SMARTS) is 1. The first kappa shape index (κ1) is 13.6. The van der Waals surface area contributed by atoms with Gasteiger partial charge in [0, 0.05) is 23.3 Å². The summed E-state index contributed by atoms with van der Waals surface area (Å²) in [5, 5.41) is 10.6. The zero-order valence-electron chi connectivity index (χ0n) is 9.53. The van der Waals surface area contributed by atoms with Crippen LogP contribution in [0.3, 0.4) is 0 Å². The summed E-state index contributed by atoms with van der Waals surface area (Å²) in [7, 11) is 0. The molecule has 0 saturated carbocycles. The standard InChI is InChI=1S/C10H9N3O4S2/c14-7-1-2-13(3-6-4-19-10(17)11-6)9(12-7)18-5-8(15)16/h1-2,4H,3,5H2,(H,11,17)(H,15,16). The molecular formula is C10H9N3O4S2. The molecule has 0 radical (unpaired) electrons. The molecule has 0 spiro atoms. The predicted molar refractivity (Wildman–Crippen MR) is 70.9 cm³/mol. The number of thiazole rings is 1. The van der Waals surface area contributed by atoms with Crippen LogP contribution in [0.2, 0.25) is 0 Å². The Morgan fingerprint density at radius 2 is 2.32 bits per heavy atom. The lowest BCUT2D eigenvalue weighted by atomic mass is 10.5. The summed E-state index contributed by atoms with van der Waals surface area (Å²) < 4.78 is 1.62. The highest BCUT2D eigenvalue weighted by molar-refractivity contribution is 7.99. The third-order valence-corrected chi connectivity index (χ3v) is 3.78. The van der Waals surface area contributed by atoms with E-state index in [-0.39, 0.29) is 10.6 Å². The molecule has 0 fully saturated rings. The van der Waals surface area contributed by atoms with Gasteiger partial charge in [0.05, 0.1) is 12.3 Å². The molecule has 0 aliphatic carbocycles. The lowest BCUT2D eigenvalue weighted by molar-refractivity contribution is -0.133. The van der Waals surface area contributed by atoms with E-state index < -0.39 is 11.5 Å². The quantitative estimate of drug-likeness (QED) is 0.604. The summed E-state index contributed by atoms with van der Waals surface area (Å²) in [6, 6.07) is 1.29. The van der Waals surface area contributed by atoms with E-state index in [2.05, 4.69) is 9.97 Å². The molecule has 9 heteroatoms. The molecule has 0 aliphatic heterocycles. The van der Waals surface area contributed by atoms with Crippen LogP contribution in [0.5, 0.6) is 0 Å². The highest BCUT2D eigenvalue weighted by Crippen LogP contribution is 2.14. The number of carboxylic acids is 1. The van der Waals surface area contributed by atoms with Crippen LogP contribution in [0.25, 0.3) is 0 Å². The van der Waals surface area contributed by atoms with Crippen LogP contribution in [0.4, 0.5) is 0 Å². The molecule has 100 valence electrons. The highest BCUT2D eigenvalue weighted by Gasteiger charge is 2.08. The first-order chi connectivity index (χ1) is 9.04. The van der Waals surface area contributed by atoms with Crippen LogP contribution in [0.1, 0.15) is 5.69 Å². The normalized spacial score (nSPS) is 10.5. The van der Waals surface area contributed by atoms with E-state index in [1.807, 2.05) is 0 Å². The molecule has 7 nitrogen and oxygen atoms in total. The number of aliphatic carboxylic acids is 1. The number of aromatic amines is 1. The molecule has 2 rings (SSSR count). The molecule has 0 unspecified atom stereocenters. The van der Waals surface area contributed by atoms with Gasteiger partial charge in [-0.25, -0.2) is 0 Å². The van der Waals surface area contributed by atoms with E-state index in [1.54, 1.807) is 9.95 Å². The van der Waals surface area contributed by atoms with E-state index in [4.69, 9.17) is 5.11 Å². The zero-order chi connectivity index (χ0) is 13.8. The lowest BCUT2D eigenvalue weighted by Gasteiger charge is -2.09. The first-order valence-corrected chi connectivity index (χ1v) is 7.00. The minimum atomic E-state index is -0.987. The highest BCUT2D eigenvalue weighted by atomic mass is 32.2. The maximum Gasteiger partial charge on any atom is 0.313 e. The minimum absolute atomic E-state index is 0.163. The van der Waals surface area contributed by atoms with Gasteiger partial charge in [-0.15, -0.1) is 0 Å². The second-order valence-corrected chi connectivity index (χ2v) is 5.32. The lowest BCUT2D eigenvalue weighted by Crippen LogP contribution is -2.15. The van der Waals surface area contributed by atoms with E-state index in [1.165, 1.54) is 12.3 Å². The summed E-state index contributed by atoms with van der Waals surface area (Å²) in [5.41, 5.74) is 0.251. The molecular weight excluding hydrogens is 290 g/mol. The van der Waals surface area contributed by atoms with Gasteiger partial charge in [-0.05, 0) is 0 Å². The van der Waals surface area contributed by atoms with Crippen molar-refractivity contribution in [3.8, 4) is 0 Å². The second kappa shape index (κ2) is 5.85. The van der Waals surface area contributed by atoms with Crippen molar-refractivity contribution < 1.29 is 9.90 Å². The maximum absolute atomic E-state index is 11.2. The van der Waals surface area contributed by atoms with Crippen LogP contribution < -0.4 is 10.4 Å². The molecule has 0 saturated heterocycles. The molecule has 0 bridgehead atoms. The molecule has 2 aromatic heterocycles. The van der Waals surface area contributed by atoms with Crippen LogP contribution in [-0.4, -0.2) is 31.4 Å². The minimum Gasteiger partial charge on any atom is -0.481 e. The van der Waals surface area contributed by atoms with Gasteiger partial charge in [-0.3, -0.25) is 14.4 Å². The van der Waals surface area contributed by atoms with Crippen molar-refractivity contribution in [2.45, 2.75) is 11.7 Å². The number of thioether (sulfide) groups is 1. The number of aromatic nitrogens is 3. The topological polar surface area (TPSA) is 105 Å². The van der Waals surface area contributed by atoms with Gasteiger partial charge >= 0.3 is 10.8 Å². The number of nitrogens with zero attached hydrogens (tertiary/aromatic N) is 2. The summed E-state index contributed by atoms with van der Waals surface area (Å²) in [5.74, 6) is -1.17. The zero-order valence-corrected chi connectivity index (χ0v) is 11.2. The Kier molecular flexibility index (Phi) is 4.17. The van der Waals surface area contributed by atoms with Crippen LogP contribution in [-0.2, 0) is 11.3 Å². The summed E-state index contributed by atoms with van der Waals surface area (Å²) in [6.07, 6.45) is 1.52. The van der Waals surface area contributed by atoms with Gasteiger partial charge in [0.1, 0.15) is 0 Å². The Morgan fingerprint density at radius 3 is 2.95 bits per heavy atom. The summed E-state index contributed by atoms with van der Waals surface area (Å²) in [6.45, 7) is 0.327. The van der Waals surface area contributed by atoms with Crippen molar-refractivity contribution in [3.05, 3.63) is 43.4 Å². The Labute approximate surface area is 114 Å². The van der Waals surface area contributed by atoms with E-state index in [9.17, 15) is 14.4 Å². The van der Waals surface area contributed by atoms with Gasteiger partial charge < -0.3 is 14.7 Å². The van der Waals surface area contributed by atoms with Gasteiger partial charge in [0.15, 0.2) is 5.16 Å². The van der Waals surface area contributed by atoms with Gasteiger partial charge in [-0.2, -0.15) is 4.98 Å². The molecule has 2 N–H and O–H groups in total. The molecule has 0 amide bonds. The number of nitrogens with one attached hydrogen (secondary N) is 1. The largest absolute Gasteiger partial charge is 0.481 e.